The van der Waals surface area contributed by atoms with Crippen LogP contribution < -0.4 is 11.1 Å². The molecule has 1 aromatic rings. The zero-order valence-electron chi connectivity index (χ0n) is 16.1. The van der Waals surface area contributed by atoms with Gasteiger partial charge in [-0.05, 0) is 13.3 Å². The summed E-state index contributed by atoms with van der Waals surface area (Å²) in [5.41, 5.74) is 6.33. The van der Waals surface area contributed by atoms with Gasteiger partial charge in [-0.25, -0.2) is 9.78 Å². The zero-order chi connectivity index (χ0) is 19.2. The van der Waals surface area contributed by atoms with Crippen molar-refractivity contribution in [2.45, 2.75) is 83.7 Å². The maximum atomic E-state index is 12.3. The summed E-state index contributed by atoms with van der Waals surface area (Å²) >= 11 is 0. The molecule has 0 aliphatic rings. The molecule has 4 N–H and O–H groups in total. The highest BCUT2D eigenvalue weighted by Crippen LogP contribution is 2.09. The lowest BCUT2D eigenvalue weighted by Gasteiger charge is -2.18. The number of hydrogen-bond donors (Lipinski definition) is 3. The second-order valence-electron chi connectivity index (χ2n) is 6.77. The van der Waals surface area contributed by atoms with E-state index in [1.807, 2.05) is 0 Å². The maximum Gasteiger partial charge on any atom is 0.329 e. The summed E-state index contributed by atoms with van der Waals surface area (Å²) in [6.45, 7) is 4.17. The van der Waals surface area contributed by atoms with Gasteiger partial charge in [0.15, 0.2) is 0 Å². The average molecular weight is 367 g/mol. The number of esters is 1. The second kappa shape index (κ2) is 13.3. The molecule has 7 heteroatoms. The molecule has 0 aliphatic carbocycles. The fraction of sp³-hybridized carbons (Fsp3) is 0.737. The van der Waals surface area contributed by atoms with Crippen molar-refractivity contribution >= 4 is 11.9 Å². The van der Waals surface area contributed by atoms with Crippen LogP contribution in [0.2, 0.25) is 0 Å². The van der Waals surface area contributed by atoms with Crippen molar-refractivity contribution in [1.29, 1.82) is 0 Å². The quantitative estimate of drug-likeness (QED) is 0.346. The molecule has 0 aromatic carbocycles. The van der Waals surface area contributed by atoms with Gasteiger partial charge in [0.05, 0.1) is 19.0 Å². The van der Waals surface area contributed by atoms with Gasteiger partial charge in [0.1, 0.15) is 6.04 Å². The Hall–Kier alpha value is -1.89. The maximum absolute atomic E-state index is 12.3. The van der Waals surface area contributed by atoms with Crippen LogP contribution in [0.15, 0.2) is 12.5 Å². The van der Waals surface area contributed by atoms with E-state index in [4.69, 9.17) is 10.5 Å². The minimum Gasteiger partial charge on any atom is -0.464 e. The Balaban J connectivity index is 2.30. The van der Waals surface area contributed by atoms with E-state index in [0.29, 0.717) is 13.0 Å². The van der Waals surface area contributed by atoms with E-state index in [0.717, 1.165) is 18.5 Å². The summed E-state index contributed by atoms with van der Waals surface area (Å²) in [5, 5.41) is 2.65. The summed E-state index contributed by atoms with van der Waals surface area (Å²) in [6, 6.07) is -1.44. The molecule has 0 fully saturated rings. The van der Waals surface area contributed by atoms with E-state index >= 15 is 0 Å². The van der Waals surface area contributed by atoms with E-state index in [9.17, 15) is 9.59 Å². The first-order valence-electron chi connectivity index (χ1n) is 9.74. The van der Waals surface area contributed by atoms with Crippen LogP contribution in [0.5, 0.6) is 0 Å². The summed E-state index contributed by atoms with van der Waals surface area (Å²) in [5.74, 6) is -0.810. The first-order valence-corrected chi connectivity index (χ1v) is 9.74. The number of aromatic amines is 1. The van der Waals surface area contributed by atoms with E-state index in [1.54, 1.807) is 13.1 Å². The van der Waals surface area contributed by atoms with Crippen molar-refractivity contribution in [2.24, 2.45) is 5.73 Å². The third-order valence-corrected chi connectivity index (χ3v) is 4.24. The normalized spacial score (nSPS) is 13.2. The number of imidazole rings is 1. The third-order valence-electron chi connectivity index (χ3n) is 4.24. The molecule has 2 atom stereocenters. The van der Waals surface area contributed by atoms with Gasteiger partial charge in [0, 0.05) is 18.3 Å². The Morgan fingerprint density at radius 2 is 1.85 bits per heavy atom. The average Bonchev–Trinajstić information content (AvgIpc) is 3.12. The van der Waals surface area contributed by atoms with Crippen LogP contribution in [-0.2, 0) is 20.7 Å². The molecule has 0 saturated heterocycles. The highest BCUT2D eigenvalue weighted by atomic mass is 16.5. The van der Waals surface area contributed by atoms with E-state index < -0.39 is 18.1 Å². The largest absolute Gasteiger partial charge is 0.464 e. The molecule has 1 aromatic heterocycles. The number of carbonyl (C=O) groups excluding carboxylic acids is 2. The van der Waals surface area contributed by atoms with Crippen LogP contribution in [0.4, 0.5) is 0 Å². The summed E-state index contributed by atoms with van der Waals surface area (Å²) in [6.07, 6.45) is 12.9. The number of H-pyrrole nitrogens is 1. The van der Waals surface area contributed by atoms with Gasteiger partial charge < -0.3 is 20.8 Å². The van der Waals surface area contributed by atoms with Crippen LogP contribution in [0.3, 0.4) is 0 Å². The molecule has 0 saturated carbocycles. The number of unbranched alkanes of at least 4 members (excludes halogenated alkanes) is 7. The highest BCUT2D eigenvalue weighted by Gasteiger charge is 2.24. The molecule has 7 nitrogen and oxygen atoms in total. The summed E-state index contributed by atoms with van der Waals surface area (Å²) in [7, 11) is 0. The minimum atomic E-state index is -0.761. The minimum absolute atomic E-state index is 0.300. The van der Waals surface area contributed by atoms with Crippen LogP contribution in [0, 0.1) is 0 Å². The number of carbonyl (C=O) groups is 2. The van der Waals surface area contributed by atoms with Gasteiger partial charge in [0.2, 0.25) is 5.91 Å². The van der Waals surface area contributed by atoms with Gasteiger partial charge in [-0.15, -0.1) is 0 Å². The van der Waals surface area contributed by atoms with Crippen molar-refractivity contribution in [3.63, 3.8) is 0 Å². The number of rotatable bonds is 14. The van der Waals surface area contributed by atoms with E-state index in [1.165, 1.54) is 44.9 Å². The number of nitrogens with two attached hydrogens (primary N) is 1. The lowest BCUT2D eigenvalue weighted by Crippen LogP contribution is -2.49. The first kappa shape index (κ1) is 22.2. The van der Waals surface area contributed by atoms with Gasteiger partial charge in [0.25, 0.3) is 0 Å². The Kier molecular flexibility index (Phi) is 11.4. The van der Waals surface area contributed by atoms with Gasteiger partial charge in [-0.1, -0.05) is 51.9 Å². The molecule has 0 radical (unpaired) electrons. The Morgan fingerprint density at radius 1 is 1.19 bits per heavy atom. The van der Waals surface area contributed by atoms with Gasteiger partial charge in [-0.2, -0.15) is 0 Å². The number of nitrogens with zero attached hydrogens (tertiary/aromatic N) is 1. The Morgan fingerprint density at radius 3 is 2.42 bits per heavy atom. The number of nitrogens with one attached hydrogen (secondary N) is 2. The highest BCUT2D eigenvalue weighted by molar-refractivity contribution is 5.87. The van der Waals surface area contributed by atoms with Crippen molar-refractivity contribution in [3.05, 3.63) is 18.2 Å². The van der Waals surface area contributed by atoms with Crippen LogP contribution in [-0.4, -0.2) is 40.5 Å². The van der Waals surface area contributed by atoms with Crippen molar-refractivity contribution in [3.8, 4) is 0 Å². The molecule has 0 aliphatic heterocycles. The predicted molar refractivity (Wildman–Crippen MR) is 101 cm³/mol. The monoisotopic (exact) mass is 366 g/mol. The molecular formula is C19H34N4O3. The van der Waals surface area contributed by atoms with Gasteiger partial charge >= 0.3 is 5.97 Å². The SMILES string of the molecule is CCCCCCCCCCOC(=O)[C@H](Cc1cnc[nH]1)NC(=O)C(C)N. The molecule has 1 heterocycles. The molecule has 26 heavy (non-hydrogen) atoms. The third kappa shape index (κ3) is 9.56. The lowest BCUT2D eigenvalue weighted by molar-refractivity contribution is -0.148. The van der Waals surface area contributed by atoms with Gasteiger partial charge in [-0.3, -0.25) is 4.79 Å². The van der Waals surface area contributed by atoms with Crippen molar-refractivity contribution < 1.29 is 14.3 Å². The van der Waals surface area contributed by atoms with E-state index in [2.05, 4.69) is 22.2 Å². The summed E-state index contributed by atoms with van der Waals surface area (Å²) in [4.78, 5) is 31.0. The fourth-order valence-corrected chi connectivity index (χ4v) is 2.62. The first-order chi connectivity index (χ1) is 12.5. The van der Waals surface area contributed by atoms with Crippen molar-refractivity contribution in [2.75, 3.05) is 6.61 Å². The Labute approximate surface area is 156 Å². The summed E-state index contributed by atoms with van der Waals surface area (Å²) < 4.78 is 5.35. The standard InChI is InChI=1S/C19H34N4O3/c1-3-4-5-6-7-8-9-10-11-26-19(25)17(23-18(24)15(2)20)12-16-13-21-14-22-16/h13-15,17H,3-12,20H2,1-2H3,(H,21,22)(H,23,24)/t15?,17-/m0/s1. The Bertz CT molecular complexity index is 503. The predicted octanol–water partition coefficient (Wildman–Crippen LogP) is 2.47. The molecule has 0 spiro atoms. The molecule has 1 rings (SSSR count). The number of hydrogen-bond acceptors (Lipinski definition) is 5. The van der Waals surface area contributed by atoms with Crippen LogP contribution in [0.1, 0.15) is 70.9 Å². The second-order valence-corrected chi connectivity index (χ2v) is 6.77. The number of amides is 1. The van der Waals surface area contributed by atoms with Crippen molar-refractivity contribution in [1.82, 2.24) is 15.3 Å². The number of aromatic nitrogens is 2. The zero-order valence-corrected chi connectivity index (χ0v) is 16.1. The van der Waals surface area contributed by atoms with E-state index in [-0.39, 0.29) is 5.91 Å². The fourth-order valence-electron chi connectivity index (χ4n) is 2.62. The molecule has 0 bridgehead atoms. The van der Waals surface area contributed by atoms with Crippen LogP contribution in [0.25, 0.3) is 0 Å². The number of ether oxygens (including phenoxy) is 1. The topological polar surface area (TPSA) is 110 Å². The smallest absolute Gasteiger partial charge is 0.329 e. The molecule has 148 valence electrons. The molecular weight excluding hydrogens is 332 g/mol. The molecule has 1 amide bonds. The lowest BCUT2D eigenvalue weighted by atomic mass is 10.1. The molecule has 1 unspecified atom stereocenters. The van der Waals surface area contributed by atoms with Crippen LogP contribution >= 0.6 is 0 Å².